The van der Waals surface area contributed by atoms with E-state index >= 15 is 0 Å². The van der Waals surface area contributed by atoms with Crippen LogP contribution in [0.2, 0.25) is 5.02 Å². The third-order valence-electron chi connectivity index (χ3n) is 2.57. The highest BCUT2D eigenvalue weighted by atomic mass is 35.5. The molecule has 0 radical (unpaired) electrons. The molecule has 5 nitrogen and oxygen atoms in total. The molecule has 0 unspecified atom stereocenters. The van der Waals surface area contributed by atoms with E-state index in [1.54, 1.807) is 6.07 Å². The molecule has 1 aliphatic heterocycles. The number of benzene rings is 1. The van der Waals surface area contributed by atoms with Gasteiger partial charge in [-0.1, -0.05) is 11.6 Å². The third kappa shape index (κ3) is 2.32. The molecular formula is C10H11ClN2O3. The number of likely N-dealkylation sites (tertiary alicyclic amines) is 1. The fourth-order valence-electron chi connectivity index (χ4n) is 1.77. The molecule has 0 saturated carbocycles. The molecular weight excluding hydrogens is 232 g/mol. The summed E-state index contributed by atoms with van der Waals surface area (Å²) in [5, 5.41) is 20.4. The van der Waals surface area contributed by atoms with Crippen molar-refractivity contribution in [2.75, 3.05) is 13.1 Å². The van der Waals surface area contributed by atoms with Crippen LogP contribution in [-0.4, -0.2) is 34.1 Å². The van der Waals surface area contributed by atoms with Gasteiger partial charge in [0.05, 0.1) is 11.0 Å². The number of hydrogen-bond donors (Lipinski definition) is 1. The summed E-state index contributed by atoms with van der Waals surface area (Å²) in [5.74, 6) is 0. The summed E-state index contributed by atoms with van der Waals surface area (Å²) in [4.78, 5) is 12.3. The minimum absolute atomic E-state index is 0.0748. The molecule has 2 rings (SSSR count). The predicted octanol–water partition coefficient (Wildman–Crippen LogP) is 1.42. The molecule has 0 spiro atoms. The largest absolute Gasteiger partial charge is 0.390 e. The Morgan fingerprint density at radius 3 is 2.81 bits per heavy atom. The van der Waals surface area contributed by atoms with E-state index in [1.807, 2.05) is 4.90 Å². The Hall–Kier alpha value is -1.17. The van der Waals surface area contributed by atoms with Crippen molar-refractivity contribution in [2.24, 2.45) is 0 Å². The number of rotatable bonds is 3. The molecule has 0 amide bonds. The van der Waals surface area contributed by atoms with Gasteiger partial charge in [0.1, 0.15) is 0 Å². The van der Waals surface area contributed by atoms with Gasteiger partial charge in [-0.2, -0.15) is 0 Å². The van der Waals surface area contributed by atoms with Gasteiger partial charge in [0.15, 0.2) is 0 Å². The maximum absolute atomic E-state index is 10.8. The van der Waals surface area contributed by atoms with Gasteiger partial charge in [-0.15, -0.1) is 0 Å². The number of aliphatic hydroxyl groups is 1. The molecule has 1 aromatic rings. The minimum Gasteiger partial charge on any atom is -0.390 e. The summed E-state index contributed by atoms with van der Waals surface area (Å²) < 4.78 is 0. The van der Waals surface area contributed by atoms with Gasteiger partial charge in [0.25, 0.3) is 5.69 Å². The van der Waals surface area contributed by atoms with Crippen LogP contribution in [0.1, 0.15) is 5.56 Å². The van der Waals surface area contributed by atoms with Crippen LogP contribution in [0.5, 0.6) is 0 Å². The molecule has 0 atom stereocenters. The van der Waals surface area contributed by atoms with E-state index in [0.717, 1.165) is 0 Å². The lowest BCUT2D eigenvalue weighted by Gasteiger charge is -2.35. The first kappa shape index (κ1) is 11.3. The molecule has 0 bridgehead atoms. The Balaban J connectivity index is 2.17. The number of β-amino-alcohol motifs (C(OH)–C–C–N with tert-alkyl or cyclic N) is 1. The zero-order chi connectivity index (χ0) is 11.7. The van der Waals surface area contributed by atoms with Crippen LogP contribution >= 0.6 is 11.6 Å². The summed E-state index contributed by atoms with van der Waals surface area (Å²) >= 11 is 5.80. The van der Waals surface area contributed by atoms with Gasteiger partial charge in [-0.05, 0) is 12.1 Å². The number of nitrogens with zero attached hydrogens (tertiary/aromatic N) is 2. The quantitative estimate of drug-likeness (QED) is 0.643. The number of nitro groups is 1. The summed E-state index contributed by atoms with van der Waals surface area (Å²) in [6.45, 7) is 1.57. The van der Waals surface area contributed by atoms with Crippen molar-refractivity contribution < 1.29 is 10.0 Å². The Morgan fingerprint density at radius 2 is 2.25 bits per heavy atom. The molecule has 0 aliphatic carbocycles. The third-order valence-corrected chi connectivity index (χ3v) is 2.81. The first-order valence-electron chi connectivity index (χ1n) is 4.89. The Morgan fingerprint density at radius 1 is 1.56 bits per heavy atom. The Bertz CT molecular complexity index is 419. The molecule has 0 aromatic heterocycles. The van der Waals surface area contributed by atoms with Gasteiger partial charge < -0.3 is 5.11 Å². The molecule has 1 aromatic carbocycles. The van der Waals surface area contributed by atoms with Gasteiger partial charge in [-0.25, -0.2) is 0 Å². The van der Waals surface area contributed by atoms with Crippen molar-refractivity contribution in [1.29, 1.82) is 0 Å². The molecule has 1 fully saturated rings. The number of hydrogen-bond acceptors (Lipinski definition) is 4. The van der Waals surface area contributed by atoms with E-state index in [2.05, 4.69) is 0 Å². The van der Waals surface area contributed by atoms with Crippen molar-refractivity contribution >= 4 is 17.3 Å². The zero-order valence-electron chi connectivity index (χ0n) is 8.47. The smallest absolute Gasteiger partial charge is 0.273 e. The van der Waals surface area contributed by atoms with E-state index in [0.29, 0.717) is 30.2 Å². The molecule has 86 valence electrons. The van der Waals surface area contributed by atoms with Crippen LogP contribution in [0.3, 0.4) is 0 Å². The highest BCUT2D eigenvalue weighted by molar-refractivity contribution is 6.30. The van der Waals surface area contributed by atoms with E-state index < -0.39 is 4.92 Å². The molecule has 1 aliphatic rings. The average Bonchev–Trinajstić information content (AvgIpc) is 2.15. The van der Waals surface area contributed by atoms with Gasteiger partial charge in [-0.3, -0.25) is 15.0 Å². The van der Waals surface area contributed by atoms with Crippen LogP contribution in [0, 0.1) is 10.1 Å². The van der Waals surface area contributed by atoms with Crippen LogP contribution in [0.25, 0.3) is 0 Å². The first-order valence-corrected chi connectivity index (χ1v) is 5.27. The van der Waals surface area contributed by atoms with Crippen LogP contribution in [0.15, 0.2) is 18.2 Å². The predicted molar refractivity (Wildman–Crippen MR) is 59.4 cm³/mol. The lowest BCUT2D eigenvalue weighted by molar-refractivity contribution is -0.385. The fraction of sp³-hybridized carbons (Fsp3) is 0.400. The van der Waals surface area contributed by atoms with Crippen molar-refractivity contribution in [3.05, 3.63) is 38.9 Å². The fourth-order valence-corrected chi connectivity index (χ4v) is 1.97. The summed E-state index contributed by atoms with van der Waals surface area (Å²) in [6, 6.07) is 4.52. The number of nitro benzene ring substituents is 1. The van der Waals surface area contributed by atoms with E-state index in [1.165, 1.54) is 12.1 Å². The van der Waals surface area contributed by atoms with Crippen molar-refractivity contribution in [2.45, 2.75) is 12.6 Å². The molecule has 1 N–H and O–H groups in total. The molecule has 1 saturated heterocycles. The highest BCUT2D eigenvalue weighted by Gasteiger charge is 2.26. The van der Waals surface area contributed by atoms with Gasteiger partial charge in [0, 0.05) is 36.3 Å². The normalized spacial score (nSPS) is 17.1. The molecule has 16 heavy (non-hydrogen) atoms. The lowest BCUT2D eigenvalue weighted by atomic mass is 10.1. The minimum atomic E-state index is -0.415. The maximum Gasteiger partial charge on any atom is 0.273 e. The maximum atomic E-state index is 10.8. The van der Waals surface area contributed by atoms with E-state index in [9.17, 15) is 10.1 Å². The lowest BCUT2D eigenvalue weighted by Crippen LogP contribution is -2.49. The van der Waals surface area contributed by atoms with E-state index in [4.69, 9.17) is 16.7 Å². The Kier molecular flexibility index (Phi) is 3.09. The van der Waals surface area contributed by atoms with Gasteiger partial charge >= 0.3 is 0 Å². The summed E-state index contributed by atoms with van der Waals surface area (Å²) in [6.07, 6.45) is -0.307. The van der Waals surface area contributed by atoms with Crippen LogP contribution in [-0.2, 0) is 6.54 Å². The van der Waals surface area contributed by atoms with Crippen LogP contribution in [0.4, 0.5) is 5.69 Å². The van der Waals surface area contributed by atoms with Crippen LogP contribution < -0.4 is 0 Å². The zero-order valence-corrected chi connectivity index (χ0v) is 9.22. The van der Waals surface area contributed by atoms with Crippen molar-refractivity contribution in [1.82, 2.24) is 4.90 Å². The summed E-state index contributed by atoms with van der Waals surface area (Å²) in [7, 11) is 0. The SMILES string of the molecule is O=[N+]([O-])c1ccc(Cl)cc1CN1CC(O)C1. The van der Waals surface area contributed by atoms with Crippen molar-refractivity contribution in [3.8, 4) is 0 Å². The first-order chi connectivity index (χ1) is 7.56. The number of halogens is 1. The molecule has 1 heterocycles. The number of aliphatic hydroxyl groups excluding tert-OH is 1. The van der Waals surface area contributed by atoms with Crippen molar-refractivity contribution in [3.63, 3.8) is 0 Å². The standard InChI is InChI=1S/C10H11ClN2O3/c11-8-1-2-10(13(15)16)7(3-8)4-12-5-9(14)6-12/h1-3,9,14H,4-6H2. The second-order valence-corrected chi connectivity index (χ2v) is 4.31. The average molecular weight is 243 g/mol. The molecule has 6 heteroatoms. The highest BCUT2D eigenvalue weighted by Crippen LogP contribution is 2.25. The second kappa shape index (κ2) is 4.37. The summed E-state index contributed by atoms with van der Waals surface area (Å²) in [5.41, 5.74) is 0.662. The van der Waals surface area contributed by atoms with Gasteiger partial charge in [0.2, 0.25) is 0 Å². The second-order valence-electron chi connectivity index (χ2n) is 3.88. The topological polar surface area (TPSA) is 66.6 Å². The van der Waals surface area contributed by atoms with E-state index in [-0.39, 0.29) is 11.8 Å². The monoisotopic (exact) mass is 242 g/mol. The Labute approximate surface area is 97.4 Å².